The number of carbonyl (C=O) groups excluding carboxylic acids is 2. The first-order valence-electron chi connectivity index (χ1n) is 35.9. The molecule has 2 unspecified atom stereocenters. The normalized spacial score (nSPS) is 12.8. The summed E-state index contributed by atoms with van der Waals surface area (Å²) in [5.74, 6) is -0.0305. The van der Waals surface area contributed by atoms with Gasteiger partial charge >= 0.3 is 5.97 Å². The van der Waals surface area contributed by atoms with Crippen LogP contribution in [0.2, 0.25) is 0 Å². The van der Waals surface area contributed by atoms with Crippen molar-refractivity contribution >= 4 is 11.9 Å². The smallest absolute Gasteiger partial charge is 0.305 e. The lowest BCUT2D eigenvalue weighted by atomic mass is 10.0. The van der Waals surface area contributed by atoms with E-state index in [2.05, 4.69) is 67.8 Å². The van der Waals surface area contributed by atoms with Crippen LogP contribution in [0.5, 0.6) is 0 Å². The first-order valence-corrected chi connectivity index (χ1v) is 35.9. The van der Waals surface area contributed by atoms with Gasteiger partial charge in [0.25, 0.3) is 0 Å². The number of hydrogen-bond acceptors (Lipinski definition) is 5. The molecule has 470 valence electrons. The number of unbranched alkanes of at least 4 members (excludes halogenated alkanes) is 48. The van der Waals surface area contributed by atoms with Crippen LogP contribution in [-0.2, 0) is 14.3 Å². The average molecular weight is 1120 g/mol. The van der Waals surface area contributed by atoms with Gasteiger partial charge in [-0.25, -0.2) is 0 Å². The SMILES string of the molecule is CCCCCC/C=C\C/C=C\CCCCCCCC(=O)OCCCCCCCCCCC/C=C\C/C=C\CCCCCCCCCCCCCCCCCCCC(=O)NC(CO)C(O)CCCCCCCCCCCCCCCC. The fourth-order valence-corrected chi connectivity index (χ4v) is 11.1. The van der Waals surface area contributed by atoms with Crippen molar-refractivity contribution in [1.29, 1.82) is 0 Å². The molecule has 0 aliphatic heterocycles. The van der Waals surface area contributed by atoms with Gasteiger partial charge in [-0.2, -0.15) is 0 Å². The first-order chi connectivity index (χ1) is 39.5. The molecular formula is C74H139NO5. The van der Waals surface area contributed by atoms with Crippen molar-refractivity contribution in [2.75, 3.05) is 13.2 Å². The van der Waals surface area contributed by atoms with Crippen molar-refractivity contribution in [3.8, 4) is 0 Å². The van der Waals surface area contributed by atoms with Gasteiger partial charge in [0.2, 0.25) is 5.91 Å². The van der Waals surface area contributed by atoms with Crippen LogP contribution in [-0.4, -0.2) is 47.4 Å². The van der Waals surface area contributed by atoms with E-state index in [-0.39, 0.29) is 18.5 Å². The van der Waals surface area contributed by atoms with E-state index >= 15 is 0 Å². The molecule has 80 heavy (non-hydrogen) atoms. The summed E-state index contributed by atoms with van der Waals surface area (Å²) in [6, 6.07) is -0.540. The maximum Gasteiger partial charge on any atom is 0.305 e. The molecule has 6 heteroatoms. The van der Waals surface area contributed by atoms with Gasteiger partial charge in [0.1, 0.15) is 0 Å². The van der Waals surface area contributed by atoms with E-state index in [1.165, 1.54) is 295 Å². The molecule has 0 aromatic carbocycles. The number of ether oxygens (including phenoxy) is 1. The molecule has 0 spiro atoms. The van der Waals surface area contributed by atoms with Gasteiger partial charge in [-0.15, -0.1) is 0 Å². The minimum absolute atomic E-state index is 0.000789. The summed E-state index contributed by atoms with van der Waals surface area (Å²) in [6.07, 6.45) is 90.2. The number of allylic oxidation sites excluding steroid dienone is 8. The topological polar surface area (TPSA) is 95.9 Å². The Hall–Kier alpha value is -2.18. The van der Waals surface area contributed by atoms with E-state index < -0.39 is 12.1 Å². The highest BCUT2D eigenvalue weighted by Gasteiger charge is 2.20. The minimum Gasteiger partial charge on any atom is -0.466 e. The number of rotatable bonds is 67. The van der Waals surface area contributed by atoms with Gasteiger partial charge in [-0.3, -0.25) is 9.59 Å². The van der Waals surface area contributed by atoms with E-state index in [0.29, 0.717) is 25.9 Å². The molecule has 1 amide bonds. The largest absolute Gasteiger partial charge is 0.466 e. The third kappa shape index (κ3) is 65.0. The van der Waals surface area contributed by atoms with Gasteiger partial charge in [0.15, 0.2) is 0 Å². The number of amides is 1. The van der Waals surface area contributed by atoms with Crippen LogP contribution in [0.15, 0.2) is 48.6 Å². The Morgan fingerprint density at radius 2 is 0.625 bits per heavy atom. The van der Waals surface area contributed by atoms with Crippen LogP contribution in [0.1, 0.15) is 386 Å². The van der Waals surface area contributed by atoms with Crippen molar-refractivity contribution < 1.29 is 24.5 Å². The monoisotopic (exact) mass is 1120 g/mol. The maximum absolute atomic E-state index is 12.5. The maximum atomic E-state index is 12.5. The summed E-state index contributed by atoms with van der Waals surface area (Å²) in [5.41, 5.74) is 0. The van der Waals surface area contributed by atoms with Gasteiger partial charge in [0.05, 0.1) is 25.4 Å². The van der Waals surface area contributed by atoms with E-state index in [9.17, 15) is 19.8 Å². The van der Waals surface area contributed by atoms with E-state index in [0.717, 1.165) is 57.8 Å². The van der Waals surface area contributed by atoms with Crippen LogP contribution < -0.4 is 5.32 Å². The summed E-state index contributed by atoms with van der Waals surface area (Å²) >= 11 is 0. The minimum atomic E-state index is -0.663. The molecule has 6 nitrogen and oxygen atoms in total. The highest BCUT2D eigenvalue weighted by atomic mass is 16.5. The quantitative estimate of drug-likeness (QED) is 0.0320. The fraction of sp³-hybridized carbons (Fsp3) is 0.865. The summed E-state index contributed by atoms with van der Waals surface area (Å²) in [7, 11) is 0. The molecule has 0 heterocycles. The number of carbonyl (C=O) groups is 2. The standard InChI is InChI=1S/C74H139NO5/c1-3-5-7-9-11-13-15-17-19-40-44-48-52-56-60-64-68-74(79)80-69-65-61-57-53-49-45-41-38-36-34-32-30-28-26-24-22-20-21-23-25-27-29-31-33-35-37-39-43-47-51-55-59-63-67-73(78)75-71(70-76)72(77)66-62-58-54-50-46-42-18-16-14-12-10-8-6-4-2/h13,15,19,24,26,30,32,40,71-72,76-77H,3-12,14,16-18,20-23,25,27-29,31,33-39,41-70H2,1-2H3,(H,75,78)/b15-13-,26-24-,32-30-,40-19-. The van der Waals surface area contributed by atoms with Crippen molar-refractivity contribution in [1.82, 2.24) is 5.32 Å². The summed E-state index contributed by atoms with van der Waals surface area (Å²) in [6.45, 7) is 4.95. The summed E-state index contributed by atoms with van der Waals surface area (Å²) in [5, 5.41) is 23.3. The fourth-order valence-electron chi connectivity index (χ4n) is 11.1. The molecule has 0 aromatic rings. The van der Waals surface area contributed by atoms with E-state index in [1.54, 1.807) is 0 Å². The van der Waals surface area contributed by atoms with Crippen LogP contribution in [0.4, 0.5) is 0 Å². The predicted molar refractivity (Wildman–Crippen MR) is 352 cm³/mol. The average Bonchev–Trinajstić information content (AvgIpc) is 3.46. The summed E-state index contributed by atoms with van der Waals surface area (Å²) in [4.78, 5) is 24.6. The van der Waals surface area contributed by atoms with Crippen LogP contribution in [0.3, 0.4) is 0 Å². The molecule has 0 aromatic heterocycles. The third-order valence-electron chi connectivity index (χ3n) is 16.6. The van der Waals surface area contributed by atoms with Gasteiger partial charge in [-0.1, -0.05) is 332 Å². The zero-order valence-electron chi connectivity index (χ0n) is 53.8. The Morgan fingerprint density at radius 1 is 0.350 bits per heavy atom. The van der Waals surface area contributed by atoms with Crippen LogP contribution >= 0.6 is 0 Å². The van der Waals surface area contributed by atoms with Crippen molar-refractivity contribution in [2.45, 2.75) is 398 Å². The Kier molecular flexibility index (Phi) is 67.4. The lowest BCUT2D eigenvalue weighted by Crippen LogP contribution is -2.45. The third-order valence-corrected chi connectivity index (χ3v) is 16.6. The summed E-state index contributed by atoms with van der Waals surface area (Å²) < 4.78 is 5.49. The van der Waals surface area contributed by atoms with Crippen molar-refractivity contribution in [3.63, 3.8) is 0 Å². The number of hydrogen-bond donors (Lipinski definition) is 3. The molecular weight excluding hydrogens is 983 g/mol. The predicted octanol–water partition coefficient (Wildman–Crippen LogP) is 23.3. The second-order valence-electron chi connectivity index (χ2n) is 24.6. The molecule has 0 fully saturated rings. The number of esters is 1. The highest BCUT2D eigenvalue weighted by molar-refractivity contribution is 5.76. The Bertz CT molecular complexity index is 1340. The van der Waals surface area contributed by atoms with Crippen molar-refractivity contribution in [3.05, 3.63) is 48.6 Å². The molecule has 3 N–H and O–H groups in total. The number of nitrogens with one attached hydrogen (secondary N) is 1. The van der Waals surface area contributed by atoms with Crippen LogP contribution in [0, 0.1) is 0 Å². The molecule has 0 radical (unpaired) electrons. The van der Waals surface area contributed by atoms with Crippen molar-refractivity contribution in [2.24, 2.45) is 0 Å². The second kappa shape index (κ2) is 69.3. The van der Waals surface area contributed by atoms with Crippen LogP contribution in [0.25, 0.3) is 0 Å². The molecule has 0 saturated carbocycles. The van der Waals surface area contributed by atoms with Gasteiger partial charge in [-0.05, 0) is 89.9 Å². The molecule has 0 bridgehead atoms. The first kappa shape index (κ1) is 77.8. The Balaban J connectivity index is 3.38. The van der Waals surface area contributed by atoms with Gasteiger partial charge in [0, 0.05) is 12.8 Å². The lowest BCUT2D eigenvalue weighted by molar-refractivity contribution is -0.143. The zero-order chi connectivity index (χ0) is 57.8. The molecule has 2 atom stereocenters. The highest BCUT2D eigenvalue weighted by Crippen LogP contribution is 2.18. The zero-order valence-corrected chi connectivity index (χ0v) is 53.8. The van der Waals surface area contributed by atoms with E-state index in [4.69, 9.17) is 4.74 Å². The Morgan fingerprint density at radius 3 is 0.963 bits per heavy atom. The second-order valence-corrected chi connectivity index (χ2v) is 24.6. The molecule has 0 saturated heterocycles. The molecule has 0 rings (SSSR count). The van der Waals surface area contributed by atoms with Gasteiger partial charge < -0.3 is 20.3 Å². The lowest BCUT2D eigenvalue weighted by Gasteiger charge is -2.22. The number of aliphatic hydroxyl groups excluding tert-OH is 2. The Labute approximate surface area is 499 Å². The molecule has 0 aliphatic rings. The number of aliphatic hydroxyl groups is 2. The van der Waals surface area contributed by atoms with E-state index in [1.807, 2.05) is 0 Å². The molecule has 0 aliphatic carbocycles.